The quantitative estimate of drug-likeness (QED) is 0.756. The average molecular weight is 265 g/mol. The van der Waals surface area contributed by atoms with Crippen molar-refractivity contribution in [3.63, 3.8) is 0 Å². The summed E-state index contributed by atoms with van der Waals surface area (Å²) in [5, 5.41) is 1.25. The van der Waals surface area contributed by atoms with E-state index in [1.165, 1.54) is 22.1 Å². The second-order valence-corrected chi connectivity index (χ2v) is 5.05. The highest BCUT2D eigenvalue weighted by Gasteiger charge is 2.10. The highest BCUT2D eigenvalue weighted by atomic mass is 14.8. The van der Waals surface area contributed by atoms with E-state index >= 15 is 0 Å². The first kappa shape index (κ1) is 12.9. The number of pyridine rings is 1. The second-order valence-electron chi connectivity index (χ2n) is 5.05. The lowest BCUT2D eigenvalue weighted by molar-refractivity contribution is 0.928. The molecule has 0 atom stereocenters. The van der Waals surface area contributed by atoms with Crippen LogP contribution in [0.3, 0.4) is 0 Å². The van der Waals surface area contributed by atoms with Crippen molar-refractivity contribution >= 4 is 11.0 Å². The zero-order valence-electron chi connectivity index (χ0n) is 11.7. The molecule has 3 heteroatoms. The van der Waals surface area contributed by atoms with Crippen LogP contribution < -0.4 is 5.73 Å². The predicted octanol–water partition coefficient (Wildman–Crippen LogP) is 3.64. The first-order valence-corrected chi connectivity index (χ1v) is 7.07. The van der Waals surface area contributed by atoms with Crippen LogP contribution in [0.15, 0.2) is 42.7 Å². The molecule has 0 saturated heterocycles. The van der Waals surface area contributed by atoms with Gasteiger partial charge in [0, 0.05) is 29.9 Å². The van der Waals surface area contributed by atoms with Crippen LogP contribution in [0.1, 0.15) is 24.5 Å². The molecule has 2 aromatic heterocycles. The van der Waals surface area contributed by atoms with Gasteiger partial charge in [-0.1, -0.05) is 37.6 Å². The molecular weight excluding hydrogens is 246 g/mol. The van der Waals surface area contributed by atoms with Gasteiger partial charge >= 0.3 is 0 Å². The van der Waals surface area contributed by atoms with Crippen LogP contribution >= 0.6 is 0 Å². The first-order valence-electron chi connectivity index (χ1n) is 7.07. The van der Waals surface area contributed by atoms with E-state index in [1.807, 2.05) is 12.4 Å². The Labute approximate surface area is 118 Å². The number of aromatic amines is 1. The highest BCUT2D eigenvalue weighted by Crippen LogP contribution is 2.30. The summed E-state index contributed by atoms with van der Waals surface area (Å²) in [6.45, 7) is 2.78. The molecule has 3 aromatic rings. The zero-order chi connectivity index (χ0) is 13.9. The minimum Gasteiger partial charge on any atom is -0.346 e. The standard InChI is InChI=1S/C17H19N3/c1-2-3-14-8-9-19-17-16(14)15(11-20-17)13-6-4-12(10-18)5-7-13/h4-9,11H,2-3,10,18H2,1H3,(H,19,20). The van der Waals surface area contributed by atoms with Crippen LogP contribution in [-0.2, 0) is 13.0 Å². The third-order valence-corrected chi connectivity index (χ3v) is 3.68. The number of hydrogen-bond donors (Lipinski definition) is 2. The van der Waals surface area contributed by atoms with Crippen molar-refractivity contribution < 1.29 is 0 Å². The summed E-state index contributed by atoms with van der Waals surface area (Å²) in [4.78, 5) is 7.71. The number of nitrogens with one attached hydrogen (secondary N) is 1. The van der Waals surface area contributed by atoms with Crippen LogP contribution in [-0.4, -0.2) is 9.97 Å². The Balaban J connectivity index is 2.14. The Morgan fingerprint density at radius 3 is 2.65 bits per heavy atom. The zero-order valence-corrected chi connectivity index (χ0v) is 11.7. The summed E-state index contributed by atoms with van der Waals surface area (Å²) in [5.41, 5.74) is 11.6. The van der Waals surface area contributed by atoms with Gasteiger partial charge in [0.05, 0.1) is 0 Å². The van der Waals surface area contributed by atoms with Gasteiger partial charge in [-0.15, -0.1) is 0 Å². The molecule has 0 bridgehead atoms. The van der Waals surface area contributed by atoms with Crippen LogP contribution in [0, 0.1) is 0 Å². The summed E-state index contributed by atoms with van der Waals surface area (Å²) in [5.74, 6) is 0. The van der Waals surface area contributed by atoms with Gasteiger partial charge in [0.25, 0.3) is 0 Å². The van der Waals surface area contributed by atoms with Gasteiger partial charge in [0.2, 0.25) is 0 Å². The van der Waals surface area contributed by atoms with Crippen LogP contribution in [0.2, 0.25) is 0 Å². The van der Waals surface area contributed by atoms with Crippen molar-refractivity contribution in [3.05, 3.63) is 53.9 Å². The molecule has 3 N–H and O–H groups in total. The highest BCUT2D eigenvalue weighted by molar-refractivity contribution is 5.96. The van der Waals surface area contributed by atoms with Crippen molar-refractivity contribution in [1.29, 1.82) is 0 Å². The summed E-state index contributed by atoms with van der Waals surface area (Å²) in [6.07, 6.45) is 6.14. The largest absolute Gasteiger partial charge is 0.346 e. The third kappa shape index (κ3) is 2.21. The minimum absolute atomic E-state index is 0.580. The average Bonchev–Trinajstić information content (AvgIpc) is 2.93. The van der Waals surface area contributed by atoms with Gasteiger partial charge in [-0.25, -0.2) is 4.98 Å². The molecule has 2 heterocycles. The van der Waals surface area contributed by atoms with E-state index < -0.39 is 0 Å². The molecule has 0 radical (unpaired) electrons. The number of aryl methyl sites for hydroxylation is 1. The fraction of sp³-hybridized carbons (Fsp3) is 0.235. The monoisotopic (exact) mass is 265 g/mol. The number of H-pyrrole nitrogens is 1. The number of hydrogen-bond acceptors (Lipinski definition) is 2. The molecule has 0 amide bonds. The maximum absolute atomic E-state index is 5.66. The van der Waals surface area contributed by atoms with E-state index in [0.29, 0.717) is 6.54 Å². The van der Waals surface area contributed by atoms with Crippen molar-refractivity contribution in [1.82, 2.24) is 9.97 Å². The number of fused-ring (bicyclic) bond motifs is 1. The van der Waals surface area contributed by atoms with E-state index in [-0.39, 0.29) is 0 Å². The molecule has 0 spiro atoms. The van der Waals surface area contributed by atoms with Crippen LogP contribution in [0.4, 0.5) is 0 Å². The Hall–Kier alpha value is -2.13. The Morgan fingerprint density at radius 2 is 1.95 bits per heavy atom. The summed E-state index contributed by atoms with van der Waals surface area (Å²) in [7, 11) is 0. The van der Waals surface area contributed by atoms with Gasteiger partial charge in [-0.2, -0.15) is 0 Å². The van der Waals surface area contributed by atoms with Gasteiger partial charge in [-0.05, 0) is 29.2 Å². The van der Waals surface area contributed by atoms with Gasteiger partial charge < -0.3 is 10.7 Å². The maximum atomic E-state index is 5.66. The molecule has 0 saturated carbocycles. The SMILES string of the molecule is CCCc1ccnc2[nH]cc(-c3ccc(CN)cc3)c12. The van der Waals surface area contributed by atoms with E-state index in [4.69, 9.17) is 5.73 Å². The van der Waals surface area contributed by atoms with Crippen molar-refractivity contribution in [2.45, 2.75) is 26.3 Å². The summed E-state index contributed by atoms with van der Waals surface area (Å²) >= 11 is 0. The second kappa shape index (κ2) is 5.47. The van der Waals surface area contributed by atoms with E-state index in [2.05, 4.69) is 47.2 Å². The Bertz CT molecular complexity index is 711. The van der Waals surface area contributed by atoms with E-state index in [0.717, 1.165) is 24.1 Å². The lowest BCUT2D eigenvalue weighted by Gasteiger charge is -2.05. The lowest BCUT2D eigenvalue weighted by atomic mass is 9.99. The smallest absolute Gasteiger partial charge is 0.138 e. The molecule has 0 aliphatic heterocycles. The predicted molar refractivity (Wildman–Crippen MR) is 83.4 cm³/mol. The van der Waals surface area contributed by atoms with Gasteiger partial charge in [0.1, 0.15) is 5.65 Å². The van der Waals surface area contributed by atoms with E-state index in [9.17, 15) is 0 Å². The summed E-state index contributed by atoms with van der Waals surface area (Å²) in [6, 6.07) is 10.6. The van der Waals surface area contributed by atoms with Crippen LogP contribution in [0.25, 0.3) is 22.2 Å². The molecule has 0 aliphatic rings. The minimum atomic E-state index is 0.580. The molecule has 20 heavy (non-hydrogen) atoms. The normalized spacial score (nSPS) is 11.1. The molecule has 0 unspecified atom stereocenters. The fourth-order valence-electron chi connectivity index (χ4n) is 2.65. The number of benzene rings is 1. The van der Waals surface area contributed by atoms with E-state index in [1.54, 1.807) is 0 Å². The van der Waals surface area contributed by atoms with Crippen LogP contribution in [0.5, 0.6) is 0 Å². The molecule has 1 aromatic carbocycles. The summed E-state index contributed by atoms with van der Waals surface area (Å²) < 4.78 is 0. The van der Waals surface area contributed by atoms with Crippen molar-refractivity contribution in [2.24, 2.45) is 5.73 Å². The van der Waals surface area contributed by atoms with Crippen molar-refractivity contribution in [2.75, 3.05) is 0 Å². The number of aromatic nitrogens is 2. The molecule has 0 aliphatic carbocycles. The number of nitrogens with two attached hydrogens (primary N) is 1. The molecule has 3 nitrogen and oxygen atoms in total. The molecule has 3 rings (SSSR count). The van der Waals surface area contributed by atoms with Crippen molar-refractivity contribution in [3.8, 4) is 11.1 Å². The maximum Gasteiger partial charge on any atom is 0.138 e. The molecule has 102 valence electrons. The Morgan fingerprint density at radius 1 is 1.15 bits per heavy atom. The third-order valence-electron chi connectivity index (χ3n) is 3.68. The molecular formula is C17H19N3. The van der Waals surface area contributed by atoms with Gasteiger partial charge in [0.15, 0.2) is 0 Å². The number of rotatable bonds is 4. The number of nitrogens with zero attached hydrogens (tertiary/aromatic N) is 1. The Kier molecular flexibility index (Phi) is 3.52. The topological polar surface area (TPSA) is 54.7 Å². The lowest BCUT2D eigenvalue weighted by Crippen LogP contribution is -1.95. The fourth-order valence-corrected chi connectivity index (χ4v) is 2.65. The molecule has 0 fully saturated rings. The first-order chi connectivity index (χ1) is 9.83. The van der Waals surface area contributed by atoms with Gasteiger partial charge in [-0.3, -0.25) is 0 Å².